The number of nitrogens with zero attached hydrogens (tertiary/aromatic N) is 1. The van der Waals surface area contributed by atoms with Gasteiger partial charge >= 0.3 is 0 Å². The highest BCUT2D eigenvalue weighted by molar-refractivity contribution is 5.83. The van der Waals surface area contributed by atoms with Gasteiger partial charge in [0, 0.05) is 49.9 Å². The molecule has 0 fully saturated rings. The van der Waals surface area contributed by atoms with Gasteiger partial charge in [0.2, 0.25) is 0 Å². The van der Waals surface area contributed by atoms with Crippen molar-refractivity contribution < 1.29 is 9.13 Å². The van der Waals surface area contributed by atoms with Gasteiger partial charge in [-0.05, 0) is 35.7 Å². The van der Waals surface area contributed by atoms with Gasteiger partial charge in [-0.25, -0.2) is 4.39 Å². The second-order valence-corrected chi connectivity index (χ2v) is 6.32. The number of ether oxygens (including phenoxy) is 1. The van der Waals surface area contributed by atoms with Crippen LogP contribution in [0.25, 0.3) is 10.9 Å². The summed E-state index contributed by atoms with van der Waals surface area (Å²) in [5.74, 6) is 0.467. The summed E-state index contributed by atoms with van der Waals surface area (Å²) < 4.78 is 18.7. The molecule has 1 aromatic heterocycles. The SMILES string of the molecule is CN=C(NCCc1c[nH]c2ccccc12)NCc1ccc(F)c(COC)c1. The Hall–Kier alpha value is -2.86. The Morgan fingerprint density at radius 2 is 2.00 bits per heavy atom. The molecule has 0 aliphatic rings. The van der Waals surface area contributed by atoms with Crippen LogP contribution in [0.15, 0.2) is 53.7 Å². The molecule has 0 atom stereocenters. The van der Waals surface area contributed by atoms with Crippen molar-refractivity contribution in [1.82, 2.24) is 15.6 Å². The van der Waals surface area contributed by atoms with E-state index in [1.165, 1.54) is 17.0 Å². The molecule has 3 N–H and O–H groups in total. The summed E-state index contributed by atoms with van der Waals surface area (Å²) >= 11 is 0. The average Bonchev–Trinajstić information content (AvgIpc) is 3.10. The van der Waals surface area contributed by atoms with Gasteiger partial charge in [-0.2, -0.15) is 0 Å². The third-order valence-electron chi connectivity index (χ3n) is 4.46. The topological polar surface area (TPSA) is 61.4 Å². The molecular formula is C21H25FN4O. The lowest BCUT2D eigenvalue weighted by Crippen LogP contribution is -2.37. The van der Waals surface area contributed by atoms with Gasteiger partial charge in [0.1, 0.15) is 5.82 Å². The van der Waals surface area contributed by atoms with Gasteiger partial charge in [-0.3, -0.25) is 4.99 Å². The van der Waals surface area contributed by atoms with E-state index in [2.05, 4.69) is 38.9 Å². The lowest BCUT2D eigenvalue weighted by Gasteiger charge is -2.12. The standard InChI is InChI=1S/C21H25FN4O/c1-23-21(26-12-15-7-8-19(22)17(11-15)14-27-2)24-10-9-16-13-25-20-6-4-3-5-18(16)20/h3-8,11,13,25H,9-10,12,14H2,1-2H3,(H2,23,24,26). The van der Waals surface area contributed by atoms with Crippen molar-refractivity contribution in [3.8, 4) is 0 Å². The van der Waals surface area contributed by atoms with Crippen LogP contribution in [0, 0.1) is 5.82 Å². The highest BCUT2D eigenvalue weighted by Gasteiger charge is 2.06. The Labute approximate surface area is 158 Å². The number of H-pyrrole nitrogens is 1. The second kappa shape index (κ2) is 9.19. The van der Waals surface area contributed by atoms with Crippen LogP contribution in [0.5, 0.6) is 0 Å². The van der Waals surface area contributed by atoms with E-state index in [0.29, 0.717) is 18.1 Å². The number of aromatic amines is 1. The monoisotopic (exact) mass is 368 g/mol. The highest BCUT2D eigenvalue weighted by atomic mass is 19.1. The molecule has 0 saturated heterocycles. The first-order valence-electron chi connectivity index (χ1n) is 8.97. The molecule has 0 aliphatic carbocycles. The largest absolute Gasteiger partial charge is 0.380 e. The highest BCUT2D eigenvalue weighted by Crippen LogP contribution is 2.17. The van der Waals surface area contributed by atoms with Gasteiger partial charge in [-0.15, -0.1) is 0 Å². The maximum Gasteiger partial charge on any atom is 0.191 e. The van der Waals surface area contributed by atoms with E-state index in [4.69, 9.17) is 4.74 Å². The molecular weight excluding hydrogens is 343 g/mol. The summed E-state index contributed by atoms with van der Waals surface area (Å²) in [7, 11) is 3.30. The first-order chi connectivity index (χ1) is 13.2. The molecule has 3 aromatic rings. The third kappa shape index (κ3) is 4.86. The van der Waals surface area contributed by atoms with E-state index >= 15 is 0 Å². The number of methoxy groups -OCH3 is 1. The van der Waals surface area contributed by atoms with Crippen LogP contribution in [-0.4, -0.2) is 31.6 Å². The third-order valence-corrected chi connectivity index (χ3v) is 4.46. The summed E-state index contributed by atoms with van der Waals surface area (Å²) in [6.07, 6.45) is 2.94. The molecule has 0 amide bonds. The van der Waals surface area contributed by atoms with Crippen LogP contribution in [0.4, 0.5) is 4.39 Å². The zero-order valence-corrected chi connectivity index (χ0v) is 15.7. The zero-order chi connectivity index (χ0) is 19.1. The fourth-order valence-electron chi connectivity index (χ4n) is 3.06. The van der Waals surface area contributed by atoms with Crippen LogP contribution in [0.3, 0.4) is 0 Å². The van der Waals surface area contributed by atoms with Gasteiger partial charge in [-0.1, -0.05) is 24.3 Å². The fraction of sp³-hybridized carbons (Fsp3) is 0.286. The van der Waals surface area contributed by atoms with Gasteiger partial charge < -0.3 is 20.4 Å². The maximum absolute atomic E-state index is 13.7. The number of para-hydroxylation sites is 1. The second-order valence-electron chi connectivity index (χ2n) is 6.32. The molecule has 0 unspecified atom stereocenters. The van der Waals surface area contributed by atoms with Gasteiger partial charge in [0.15, 0.2) is 5.96 Å². The van der Waals surface area contributed by atoms with Gasteiger partial charge in [0.05, 0.1) is 6.61 Å². The quantitative estimate of drug-likeness (QED) is 0.443. The number of guanidine groups is 1. The van der Waals surface area contributed by atoms with Crippen molar-refractivity contribution in [3.63, 3.8) is 0 Å². The lowest BCUT2D eigenvalue weighted by atomic mass is 10.1. The number of hydrogen-bond donors (Lipinski definition) is 3. The smallest absolute Gasteiger partial charge is 0.191 e. The van der Waals surface area contributed by atoms with Crippen molar-refractivity contribution in [2.24, 2.45) is 4.99 Å². The predicted octanol–water partition coefficient (Wildman–Crippen LogP) is 3.36. The Morgan fingerprint density at radius 1 is 1.15 bits per heavy atom. The number of nitrogens with one attached hydrogen (secondary N) is 3. The molecule has 0 aliphatic heterocycles. The number of rotatable bonds is 7. The van der Waals surface area contributed by atoms with E-state index in [0.717, 1.165) is 24.0 Å². The van der Waals surface area contributed by atoms with Crippen molar-refractivity contribution in [3.05, 3.63) is 71.2 Å². The van der Waals surface area contributed by atoms with Crippen LogP contribution in [0.2, 0.25) is 0 Å². The van der Waals surface area contributed by atoms with Crippen molar-refractivity contribution in [1.29, 1.82) is 0 Å². The minimum absolute atomic E-state index is 0.248. The molecule has 27 heavy (non-hydrogen) atoms. The van der Waals surface area contributed by atoms with Crippen molar-refractivity contribution >= 4 is 16.9 Å². The summed E-state index contributed by atoms with van der Waals surface area (Å²) in [5.41, 5.74) is 3.96. The van der Waals surface area contributed by atoms with E-state index < -0.39 is 0 Å². The van der Waals surface area contributed by atoms with Gasteiger partial charge in [0.25, 0.3) is 0 Å². The Kier molecular flexibility index (Phi) is 6.44. The van der Waals surface area contributed by atoms with Crippen LogP contribution in [0.1, 0.15) is 16.7 Å². The molecule has 0 radical (unpaired) electrons. The molecule has 0 saturated carbocycles. The first-order valence-corrected chi connectivity index (χ1v) is 8.97. The number of aliphatic imine (C=N–C) groups is 1. The fourth-order valence-corrected chi connectivity index (χ4v) is 3.06. The number of hydrogen-bond acceptors (Lipinski definition) is 2. The van der Waals surface area contributed by atoms with Crippen LogP contribution >= 0.6 is 0 Å². The van der Waals surface area contributed by atoms with E-state index in [-0.39, 0.29) is 12.4 Å². The first kappa shape index (κ1) is 18.9. The molecule has 3 rings (SSSR count). The summed E-state index contributed by atoms with van der Waals surface area (Å²) in [5, 5.41) is 7.83. The molecule has 2 aromatic carbocycles. The summed E-state index contributed by atoms with van der Waals surface area (Å²) in [4.78, 5) is 7.54. The van der Waals surface area contributed by atoms with E-state index in [1.807, 2.05) is 18.2 Å². The van der Waals surface area contributed by atoms with E-state index in [9.17, 15) is 4.39 Å². The lowest BCUT2D eigenvalue weighted by molar-refractivity contribution is 0.181. The number of halogens is 1. The Morgan fingerprint density at radius 3 is 2.81 bits per heavy atom. The number of aromatic nitrogens is 1. The Balaban J connectivity index is 1.52. The van der Waals surface area contributed by atoms with E-state index in [1.54, 1.807) is 20.2 Å². The minimum Gasteiger partial charge on any atom is -0.380 e. The summed E-state index contributed by atoms with van der Waals surface area (Å²) in [6.45, 7) is 1.58. The molecule has 6 heteroatoms. The van der Waals surface area contributed by atoms with Crippen molar-refractivity contribution in [2.45, 2.75) is 19.6 Å². The zero-order valence-electron chi connectivity index (χ0n) is 15.7. The average molecular weight is 368 g/mol. The molecule has 142 valence electrons. The number of benzene rings is 2. The number of fused-ring (bicyclic) bond motifs is 1. The maximum atomic E-state index is 13.7. The predicted molar refractivity (Wildman–Crippen MR) is 107 cm³/mol. The molecule has 5 nitrogen and oxygen atoms in total. The minimum atomic E-state index is -0.248. The molecule has 0 bridgehead atoms. The van der Waals surface area contributed by atoms with Crippen LogP contribution in [-0.2, 0) is 24.3 Å². The molecule has 1 heterocycles. The Bertz CT molecular complexity index is 919. The normalized spacial score (nSPS) is 11.7. The van der Waals surface area contributed by atoms with Crippen molar-refractivity contribution in [2.75, 3.05) is 20.7 Å². The molecule has 0 spiro atoms. The van der Waals surface area contributed by atoms with Crippen LogP contribution < -0.4 is 10.6 Å². The summed E-state index contributed by atoms with van der Waals surface area (Å²) in [6, 6.07) is 13.3.